The third kappa shape index (κ3) is 2.44. The molecule has 0 saturated carbocycles. The molecule has 0 aliphatic rings. The van der Waals surface area contributed by atoms with Gasteiger partial charge in [0.15, 0.2) is 0 Å². The summed E-state index contributed by atoms with van der Waals surface area (Å²) in [6.07, 6.45) is -4.18. The van der Waals surface area contributed by atoms with Gasteiger partial charge in [0, 0.05) is 16.6 Å². The molecule has 0 radical (unpaired) electrons. The molecule has 2 nitrogen and oxygen atoms in total. The maximum absolute atomic E-state index is 12.4. The Bertz CT molecular complexity index is 526. The van der Waals surface area contributed by atoms with Crippen molar-refractivity contribution in [3.05, 3.63) is 35.5 Å². The van der Waals surface area contributed by atoms with E-state index >= 15 is 0 Å². The van der Waals surface area contributed by atoms with Crippen LogP contribution < -0.4 is 6.15 Å². The first kappa shape index (κ1) is 13.6. The van der Waals surface area contributed by atoms with Gasteiger partial charge in [0.05, 0.1) is 0 Å². The van der Waals surface area contributed by atoms with Gasteiger partial charge in [0.25, 0.3) is 0 Å². The van der Waals surface area contributed by atoms with Crippen LogP contribution in [0.4, 0.5) is 13.2 Å². The van der Waals surface area contributed by atoms with E-state index in [4.69, 9.17) is 0 Å². The number of benzene rings is 1. The molecule has 0 bridgehead atoms. The molecule has 1 aromatic heterocycles. The largest absolute Gasteiger partial charge is 0.406 e. The lowest BCUT2D eigenvalue weighted by Crippen LogP contribution is -2.18. The topological polar surface area (TPSA) is 39.9 Å². The van der Waals surface area contributed by atoms with Gasteiger partial charge in [0.2, 0.25) is 0 Å². The quantitative estimate of drug-likeness (QED) is 0.809. The van der Waals surface area contributed by atoms with Crippen molar-refractivity contribution in [1.29, 1.82) is 0 Å². The molecule has 0 saturated heterocycles. The molecule has 0 spiro atoms. The summed E-state index contributed by atoms with van der Waals surface area (Å²) >= 11 is 0. The van der Waals surface area contributed by atoms with Crippen LogP contribution in [0.25, 0.3) is 10.9 Å². The van der Waals surface area contributed by atoms with Crippen LogP contribution in [0.1, 0.15) is 11.3 Å². The first-order valence-electron chi connectivity index (χ1n) is 5.01. The summed E-state index contributed by atoms with van der Waals surface area (Å²) in [5, 5.41) is 0.893. The maximum atomic E-state index is 12.4. The minimum atomic E-state index is -4.18. The Hall–Kier alpha value is -1.49. The van der Waals surface area contributed by atoms with Gasteiger partial charge in [0.1, 0.15) is 6.54 Å². The van der Waals surface area contributed by atoms with E-state index < -0.39 is 12.7 Å². The molecule has 1 heterocycles. The lowest BCUT2D eigenvalue weighted by Gasteiger charge is -2.11. The van der Waals surface area contributed by atoms with Gasteiger partial charge < -0.3 is 10.7 Å². The van der Waals surface area contributed by atoms with E-state index in [1.807, 2.05) is 19.1 Å². The van der Waals surface area contributed by atoms with Crippen LogP contribution in [0, 0.1) is 13.8 Å². The fraction of sp³-hybridized carbons (Fsp3) is 0.333. The third-order valence-corrected chi connectivity index (χ3v) is 2.88. The summed E-state index contributed by atoms with van der Waals surface area (Å²) in [6, 6.07) is 7.17. The van der Waals surface area contributed by atoms with Crippen molar-refractivity contribution in [3.8, 4) is 0 Å². The van der Waals surface area contributed by atoms with Crippen LogP contribution in [0.3, 0.4) is 0 Å². The first-order chi connectivity index (χ1) is 7.40. The van der Waals surface area contributed by atoms with Crippen LogP contribution in [0.2, 0.25) is 0 Å². The van der Waals surface area contributed by atoms with Crippen molar-refractivity contribution in [2.75, 3.05) is 0 Å². The number of nitrogens with zero attached hydrogens (tertiary/aromatic N) is 1. The molecule has 0 atom stereocenters. The average molecular weight is 244 g/mol. The molecule has 0 aliphatic heterocycles. The minimum absolute atomic E-state index is 0. The van der Waals surface area contributed by atoms with Crippen LogP contribution in [-0.2, 0) is 6.54 Å². The van der Waals surface area contributed by atoms with E-state index in [0.29, 0.717) is 11.2 Å². The van der Waals surface area contributed by atoms with E-state index in [1.54, 1.807) is 19.1 Å². The van der Waals surface area contributed by atoms with Crippen molar-refractivity contribution in [2.24, 2.45) is 0 Å². The molecule has 0 aliphatic carbocycles. The first-order valence-corrected chi connectivity index (χ1v) is 5.01. The Labute approximate surface area is 97.6 Å². The molecular formula is C12H15F3N2. The Kier molecular flexibility index (Phi) is 3.52. The van der Waals surface area contributed by atoms with Crippen LogP contribution in [0.5, 0.6) is 0 Å². The summed E-state index contributed by atoms with van der Waals surface area (Å²) in [5.41, 5.74) is 2.24. The van der Waals surface area contributed by atoms with Gasteiger partial charge in [-0.2, -0.15) is 13.2 Å². The molecule has 94 valence electrons. The predicted octanol–water partition coefficient (Wildman–Crippen LogP) is 3.98. The second-order valence-electron chi connectivity index (χ2n) is 3.93. The summed E-state index contributed by atoms with van der Waals surface area (Å²) < 4.78 is 38.6. The highest BCUT2D eigenvalue weighted by Gasteiger charge is 2.29. The third-order valence-electron chi connectivity index (χ3n) is 2.88. The maximum Gasteiger partial charge on any atom is 0.406 e. The van der Waals surface area contributed by atoms with E-state index in [9.17, 15) is 13.2 Å². The average Bonchev–Trinajstić information content (AvgIpc) is 2.43. The Morgan fingerprint density at radius 2 is 1.71 bits per heavy atom. The fourth-order valence-electron chi connectivity index (χ4n) is 1.99. The second kappa shape index (κ2) is 4.41. The number of rotatable bonds is 1. The minimum Gasteiger partial charge on any atom is -0.344 e. The van der Waals surface area contributed by atoms with Crippen molar-refractivity contribution >= 4 is 10.9 Å². The second-order valence-corrected chi connectivity index (χ2v) is 3.93. The zero-order valence-electron chi connectivity index (χ0n) is 9.80. The molecule has 0 fully saturated rings. The summed E-state index contributed by atoms with van der Waals surface area (Å²) in [6.45, 7) is 2.65. The van der Waals surface area contributed by atoms with Gasteiger partial charge >= 0.3 is 6.18 Å². The SMILES string of the molecule is Cc1c(C)n(CC(F)(F)F)c2ccccc12.N. The van der Waals surface area contributed by atoms with Crippen molar-refractivity contribution in [3.63, 3.8) is 0 Å². The number of alkyl halides is 3. The number of halogens is 3. The standard InChI is InChI=1S/C12H12F3N.H3N/c1-8-9(2)16(7-12(13,14)15)11-6-4-3-5-10(8)11;/h3-6H,7H2,1-2H3;1H3. The van der Waals surface area contributed by atoms with Crippen LogP contribution in [-0.4, -0.2) is 10.7 Å². The molecular weight excluding hydrogens is 229 g/mol. The van der Waals surface area contributed by atoms with Gasteiger partial charge in [-0.15, -0.1) is 0 Å². The van der Waals surface area contributed by atoms with Crippen molar-refractivity contribution in [2.45, 2.75) is 26.6 Å². The molecule has 2 aromatic rings. The van der Waals surface area contributed by atoms with Gasteiger partial charge in [-0.05, 0) is 25.5 Å². The number of hydrogen-bond acceptors (Lipinski definition) is 1. The highest BCUT2D eigenvalue weighted by molar-refractivity contribution is 5.85. The van der Waals surface area contributed by atoms with Crippen LogP contribution in [0.15, 0.2) is 24.3 Å². The van der Waals surface area contributed by atoms with Gasteiger partial charge in [-0.25, -0.2) is 0 Å². The zero-order valence-corrected chi connectivity index (χ0v) is 9.80. The molecule has 5 heteroatoms. The monoisotopic (exact) mass is 244 g/mol. The highest BCUT2D eigenvalue weighted by Crippen LogP contribution is 2.28. The Morgan fingerprint density at radius 1 is 1.12 bits per heavy atom. The number of para-hydroxylation sites is 1. The number of aromatic nitrogens is 1. The van der Waals surface area contributed by atoms with E-state index in [-0.39, 0.29) is 6.15 Å². The van der Waals surface area contributed by atoms with E-state index in [2.05, 4.69) is 0 Å². The molecule has 3 N–H and O–H groups in total. The fourth-order valence-corrected chi connectivity index (χ4v) is 1.99. The zero-order chi connectivity index (χ0) is 11.9. The molecule has 17 heavy (non-hydrogen) atoms. The van der Waals surface area contributed by atoms with E-state index in [1.165, 1.54) is 4.57 Å². The van der Waals surface area contributed by atoms with Gasteiger partial charge in [-0.3, -0.25) is 0 Å². The van der Waals surface area contributed by atoms with Gasteiger partial charge in [-0.1, -0.05) is 18.2 Å². The molecule has 0 unspecified atom stereocenters. The summed E-state index contributed by atoms with van der Waals surface area (Å²) in [4.78, 5) is 0. The predicted molar refractivity (Wildman–Crippen MR) is 62.5 cm³/mol. The highest BCUT2D eigenvalue weighted by atomic mass is 19.4. The smallest absolute Gasteiger partial charge is 0.344 e. The van der Waals surface area contributed by atoms with Crippen molar-refractivity contribution in [1.82, 2.24) is 10.7 Å². The number of fused-ring (bicyclic) bond motifs is 1. The Morgan fingerprint density at radius 3 is 2.29 bits per heavy atom. The number of hydrogen-bond donors (Lipinski definition) is 1. The summed E-state index contributed by atoms with van der Waals surface area (Å²) in [5.74, 6) is 0. The molecule has 1 aromatic carbocycles. The lowest BCUT2D eigenvalue weighted by atomic mass is 10.2. The summed E-state index contributed by atoms with van der Waals surface area (Å²) in [7, 11) is 0. The normalized spacial score (nSPS) is 11.6. The number of aryl methyl sites for hydroxylation is 1. The lowest BCUT2D eigenvalue weighted by molar-refractivity contribution is -0.140. The van der Waals surface area contributed by atoms with Crippen molar-refractivity contribution < 1.29 is 13.2 Å². The molecule has 0 amide bonds. The van der Waals surface area contributed by atoms with Crippen LogP contribution >= 0.6 is 0 Å². The molecule has 2 rings (SSSR count). The Balaban J connectivity index is 0.00000144. The van der Waals surface area contributed by atoms with E-state index in [0.717, 1.165) is 10.9 Å².